The third-order valence-corrected chi connectivity index (χ3v) is 8.58. The van der Waals surface area contributed by atoms with Crippen LogP contribution in [0.3, 0.4) is 0 Å². The summed E-state index contributed by atoms with van der Waals surface area (Å²) in [7, 11) is 0. The first-order valence-electron chi connectivity index (χ1n) is 13.9. The molecule has 0 bridgehead atoms. The highest BCUT2D eigenvalue weighted by atomic mass is 19.2. The second-order valence-electron chi connectivity index (χ2n) is 10.9. The number of rotatable bonds is 9. The van der Waals surface area contributed by atoms with E-state index in [0.717, 1.165) is 50.7 Å². The van der Waals surface area contributed by atoms with Crippen molar-refractivity contribution in [2.24, 2.45) is 17.8 Å². The van der Waals surface area contributed by atoms with Crippen LogP contribution < -0.4 is 4.74 Å². The number of benzene rings is 1. The van der Waals surface area contributed by atoms with Gasteiger partial charge < -0.3 is 14.2 Å². The highest BCUT2D eigenvalue weighted by Gasteiger charge is 2.32. The van der Waals surface area contributed by atoms with Crippen LogP contribution >= 0.6 is 0 Å². The van der Waals surface area contributed by atoms with E-state index in [-0.39, 0.29) is 17.8 Å². The Labute approximate surface area is 204 Å². The molecule has 0 aromatic heterocycles. The van der Waals surface area contributed by atoms with Crippen LogP contribution in [0.25, 0.3) is 0 Å². The van der Waals surface area contributed by atoms with Gasteiger partial charge in [0.15, 0.2) is 11.6 Å². The van der Waals surface area contributed by atoms with Gasteiger partial charge in [0, 0.05) is 13.2 Å². The van der Waals surface area contributed by atoms with Crippen molar-refractivity contribution in [3.8, 4) is 5.75 Å². The summed E-state index contributed by atoms with van der Waals surface area (Å²) in [6.07, 6.45) is 14.5. The Kier molecular flexibility index (Phi) is 9.64. The Hall–Kier alpha value is -1.20. The third kappa shape index (κ3) is 6.51. The molecule has 2 unspecified atom stereocenters. The maximum Gasteiger partial charge on any atom is 0.200 e. The van der Waals surface area contributed by atoms with Crippen LogP contribution in [0.5, 0.6) is 5.75 Å². The zero-order chi connectivity index (χ0) is 23.9. The standard InChI is InChI=1S/C29H44F2O3/c1-3-5-20-8-16-26(34-19-20)23-9-6-21(7-10-23)18-33-24-13-11-22(12-14-24)25-15-17-27(32-4-2)29(31)28(25)30/h15,17,20-24,26H,3-14,16,18-19H2,1-2H3. The summed E-state index contributed by atoms with van der Waals surface area (Å²) in [5, 5.41) is 0. The summed E-state index contributed by atoms with van der Waals surface area (Å²) in [6, 6.07) is 3.27. The van der Waals surface area contributed by atoms with Gasteiger partial charge in [0.1, 0.15) is 0 Å². The highest BCUT2D eigenvalue weighted by molar-refractivity contribution is 5.33. The van der Waals surface area contributed by atoms with E-state index in [1.165, 1.54) is 51.4 Å². The van der Waals surface area contributed by atoms with Gasteiger partial charge in [-0.3, -0.25) is 0 Å². The summed E-state index contributed by atoms with van der Waals surface area (Å²) in [4.78, 5) is 0. The molecule has 2 aliphatic carbocycles. The lowest BCUT2D eigenvalue weighted by molar-refractivity contribution is -0.0653. The predicted octanol–water partition coefficient (Wildman–Crippen LogP) is 7.81. The molecule has 3 nitrogen and oxygen atoms in total. The van der Waals surface area contributed by atoms with Crippen molar-refractivity contribution in [1.29, 1.82) is 0 Å². The zero-order valence-corrected chi connectivity index (χ0v) is 21.2. The maximum absolute atomic E-state index is 14.6. The molecule has 3 aliphatic rings. The van der Waals surface area contributed by atoms with E-state index < -0.39 is 11.6 Å². The van der Waals surface area contributed by atoms with Gasteiger partial charge in [0.05, 0.1) is 18.8 Å². The first-order valence-corrected chi connectivity index (χ1v) is 13.9. The first kappa shape index (κ1) is 25.9. The van der Waals surface area contributed by atoms with Gasteiger partial charge in [-0.2, -0.15) is 4.39 Å². The van der Waals surface area contributed by atoms with Crippen LogP contribution in [0.1, 0.15) is 102 Å². The van der Waals surface area contributed by atoms with Crippen LogP contribution in [-0.4, -0.2) is 32.0 Å². The van der Waals surface area contributed by atoms with Crippen molar-refractivity contribution in [1.82, 2.24) is 0 Å². The second-order valence-corrected chi connectivity index (χ2v) is 10.9. The minimum absolute atomic E-state index is 0.00577. The Morgan fingerprint density at radius 3 is 2.24 bits per heavy atom. The van der Waals surface area contributed by atoms with Gasteiger partial charge >= 0.3 is 0 Å². The van der Waals surface area contributed by atoms with Crippen LogP contribution in [-0.2, 0) is 9.47 Å². The number of hydrogen-bond donors (Lipinski definition) is 0. The van der Waals surface area contributed by atoms with Crippen molar-refractivity contribution < 1.29 is 23.0 Å². The fourth-order valence-electron chi connectivity index (χ4n) is 6.50. The molecule has 4 rings (SSSR count). The molecule has 0 spiro atoms. The van der Waals surface area contributed by atoms with E-state index in [2.05, 4.69) is 6.92 Å². The third-order valence-electron chi connectivity index (χ3n) is 8.58. The second kappa shape index (κ2) is 12.7. The van der Waals surface area contributed by atoms with Gasteiger partial charge in [-0.1, -0.05) is 19.4 Å². The van der Waals surface area contributed by atoms with Gasteiger partial charge in [-0.25, -0.2) is 4.39 Å². The van der Waals surface area contributed by atoms with Crippen LogP contribution in [0, 0.1) is 29.4 Å². The minimum atomic E-state index is -0.854. The largest absolute Gasteiger partial charge is 0.491 e. The summed E-state index contributed by atoms with van der Waals surface area (Å²) in [6.45, 7) is 6.18. The highest BCUT2D eigenvalue weighted by Crippen LogP contribution is 2.39. The monoisotopic (exact) mass is 478 g/mol. The molecule has 1 aromatic rings. The Morgan fingerprint density at radius 1 is 0.853 bits per heavy atom. The molecule has 2 atom stereocenters. The number of hydrogen-bond acceptors (Lipinski definition) is 3. The van der Waals surface area contributed by atoms with E-state index in [1.807, 2.05) is 0 Å². The van der Waals surface area contributed by atoms with E-state index >= 15 is 0 Å². The minimum Gasteiger partial charge on any atom is -0.491 e. The van der Waals surface area contributed by atoms with Crippen molar-refractivity contribution in [3.05, 3.63) is 29.3 Å². The smallest absolute Gasteiger partial charge is 0.200 e. The average Bonchev–Trinajstić information content (AvgIpc) is 2.87. The lowest BCUT2D eigenvalue weighted by Gasteiger charge is -2.38. The SMILES string of the molecule is CCCC1CCC(C2CCC(COC3CCC(c4ccc(OCC)c(F)c4F)CC3)CC2)OC1. The molecule has 3 fully saturated rings. The van der Waals surface area contributed by atoms with Gasteiger partial charge in [0.2, 0.25) is 5.82 Å². The first-order chi connectivity index (χ1) is 16.6. The zero-order valence-electron chi connectivity index (χ0n) is 21.2. The van der Waals surface area contributed by atoms with Crippen LogP contribution in [0.4, 0.5) is 8.78 Å². The molecule has 1 heterocycles. The molecule has 1 aliphatic heterocycles. The van der Waals surface area contributed by atoms with Crippen molar-refractivity contribution in [2.75, 3.05) is 19.8 Å². The summed E-state index contributed by atoms with van der Waals surface area (Å²) in [5.74, 6) is 0.648. The molecule has 34 heavy (non-hydrogen) atoms. The Morgan fingerprint density at radius 2 is 1.59 bits per heavy atom. The van der Waals surface area contributed by atoms with Crippen molar-refractivity contribution >= 4 is 0 Å². The molecule has 5 heteroatoms. The molecule has 0 N–H and O–H groups in total. The molecule has 2 saturated carbocycles. The molecule has 1 saturated heterocycles. The molecule has 192 valence electrons. The van der Waals surface area contributed by atoms with Crippen molar-refractivity contribution in [3.63, 3.8) is 0 Å². The lowest BCUT2D eigenvalue weighted by Crippen LogP contribution is -2.35. The molecular formula is C29H44F2O3. The molecular weight excluding hydrogens is 434 g/mol. The number of ether oxygens (including phenoxy) is 3. The van der Waals surface area contributed by atoms with Crippen LogP contribution in [0.15, 0.2) is 12.1 Å². The predicted molar refractivity (Wildman–Crippen MR) is 131 cm³/mol. The van der Waals surface area contributed by atoms with Gasteiger partial charge in [-0.15, -0.1) is 0 Å². The van der Waals surface area contributed by atoms with Crippen LogP contribution in [0.2, 0.25) is 0 Å². The molecule has 0 amide bonds. The van der Waals surface area contributed by atoms with Crippen molar-refractivity contribution in [2.45, 2.75) is 109 Å². The quantitative estimate of drug-likeness (QED) is 0.362. The Bertz CT molecular complexity index is 746. The van der Waals surface area contributed by atoms with E-state index in [4.69, 9.17) is 14.2 Å². The van der Waals surface area contributed by atoms with Gasteiger partial charge in [0.25, 0.3) is 0 Å². The maximum atomic E-state index is 14.6. The van der Waals surface area contributed by atoms with Gasteiger partial charge in [-0.05, 0) is 113 Å². The number of halogens is 2. The fraction of sp³-hybridized carbons (Fsp3) is 0.793. The normalized spacial score (nSPS) is 32.5. The molecule has 1 aromatic carbocycles. The summed E-state index contributed by atoms with van der Waals surface area (Å²) < 4.78 is 46.6. The van der Waals surface area contributed by atoms with E-state index in [1.54, 1.807) is 19.1 Å². The summed E-state index contributed by atoms with van der Waals surface area (Å²) in [5.41, 5.74) is 0.490. The molecule has 0 radical (unpaired) electrons. The summed E-state index contributed by atoms with van der Waals surface area (Å²) >= 11 is 0. The average molecular weight is 479 g/mol. The topological polar surface area (TPSA) is 27.7 Å². The lowest BCUT2D eigenvalue weighted by atomic mass is 9.77. The van der Waals surface area contributed by atoms with E-state index in [0.29, 0.717) is 24.2 Å². The fourth-order valence-corrected chi connectivity index (χ4v) is 6.50. The van der Waals surface area contributed by atoms with E-state index in [9.17, 15) is 8.78 Å². The Balaban J connectivity index is 1.15.